The quantitative estimate of drug-likeness (QED) is 0.382. The lowest BCUT2D eigenvalue weighted by Gasteiger charge is -2.07. The van der Waals surface area contributed by atoms with Crippen LogP contribution in [0.15, 0.2) is 24.3 Å². The number of aliphatic carboxylic acids is 1. The van der Waals surface area contributed by atoms with E-state index in [9.17, 15) is 4.79 Å². The highest BCUT2D eigenvalue weighted by molar-refractivity contribution is 5.72. The van der Waals surface area contributed by atoms with E-state index in [2.05, 4.69) is 26.0 Å². The first-order chi connectivity index (χ1) is 9.22. The summed E-state index contributed by atoms with van der Waals surface area (Å²) in [6.45, 7) is 4.30. The first-order valence-electron chi connectivity index (χ1n) is 7.76. The van der Waals surface area contributed by atoms with Gasteiger partial charge in [-0.25, -0.2) is 0 Å². The van der Waals surface area contributed by atoms with Gasteiger partial charge >= 0.3 is 5.97 Å². The van der Waals surface area contributed by atoms with Crippen molar-refractivity contribution in [1.29, 1.82) is 0 Å². The van der Waals surface area contributed by atoms with Crippen LogP contribution < -0.4 is 0 Å². The molecular formula is C17H30O2. The molecule has 1 N–H and O–H groups in total. The fourth-order valence-corrected chi connectivity index (χ4v) is 2.03. The molecule has 0 aromatic carbocycles. The lowest BCUT2D eigenvalue weighted by Crippen LogP contribution is -2.10. The molecule has 0 aliphatic heterocycles. The predicted molar refractivity (Wildman–Crippen MR) is 82.3 cm³/mol. The molecule has 1 unspecified atom stereocenters. The molecule has 0 saturated carbocycles. The van der Waals surface area contributed by atoms with E-state index in [4.69, 9.17) is 5.11 Å². The Morgan fingerprint density at radius 3 is 2.32 bits per heavy atom. The summed E-state index contributed by atoms with van der Waals surface area (Å²) in [5, 5.41) is 9.15. The van der Waals surface area contributed by atoms with Crippen LogP contribution in [0, 0.1) is 5.92 Å². The number of carboxylic acid groups (broad SMARTS) is 1. The molecule has 1 atom stereocenters. The third kappa shape index (κ3) is 11.8. The maximum atomic E-state index is 11.1. The topological polar surface area (TPSA) is 37.3 Å². The number of rotatable bonds is 12. The second-order valence-corrected chi connectivity index (χ2v) is 5.04. The fraction of sp³-hybridized carbons (Fsp3) is 0.706. The highest BCUT2D eigenvalue weighted by Gasteiger charge is 2.12. The predicted octanol–water partition coefficient (Wildman–Crippen LogP) is 5.35. The van der Waals surface area contributed by atoms with Crippen molar-refractivity contribution in [2.75, 3.05) is 0 Å². The van der Waals surface area contributed by atoms with Crippen LogP contribution in [0.3, 0.4) is 0 Å². The number of carboxylic acids is 1. The van der Waals surface area contributed by atoms with E-state index in [0.29, 0.717) is 0 Å². The van der Waals surface area contributed by atoms with Gasteiger partial charge < -0.3 is 5.11 Å². The second-order valence-electron chi connectivity index (χ2n) is 5.04. The molecule has 0 spiro atoms. The van der Waals surface area contributed by atoms with Crippen molar-refractivity contribution in [1.82, 2.24) is 0 Å². The van der Waals surface area contributed by atoms with Crippen molar-refractivity contribution in [3.05, 3.63) is 24.3 Å². The second kappa shape index (κ2) is 13.4. The van der Waals surface area contributed by atoms with Crippen molar-refractivity contribution < 1.29 is 9.90 Å². The van der Waals surface area contributed by atoms with Crippen molar-refractivity contribution >= 4 is 5.97 Å². The van der Waals surface area contributed by atoms with Crippen LogP contribution >= 0.6 is 0 Å². The van der Waals surface area contributed by atoms with E-state index < -0.39 is 5.97 Å². The van der Waals surface area contributed by atoms with Gasteiger partial charge in [-0.3, -0.25) is 4.79 Å². The fourth-order valence-electron chi connectivity index (χ4n) is 2.03. The van der Waals surface area contributed by atoms with Crippen molar-refractivity contribution in [2.24, 2.45) is 5.92 Å². The summed E-state index contributed by atoms with van der Waals surface area (Å²) in [7, 11) is 0. The SMILES string of the molecule is CC/C=C\C/C=C\C(CCCCCCCC)C(=O)O. The molecule has 19 heavy (non-hydrogen) atoms. The van der Waals surface area contributed by atoms with Gasteiger partial charge in [0, 0.05) is 0 Å². The molecular weight excluding hydrogens is 236 g/mol. The smallest absolute Gasteiger partial charge is 0.310 e. The molecule has 0 aromatic heterocycles. The molecule has 0 radical (unpaired) electrons. The normalized spacial score (nSPS) is 13.4. The van der Waals surface area contributed by atoms with E-state index >= 15 is 0 Å². The van der Waals surface area contributed by atoms with Crippen LogP contribution in [-0.2, 0) is 4.79 Å². The van der Waals surface area contributed by atoms with E-state index in [1.54, 1.807) is 0 Å². The van der Waals surface area contributed by atoms with Gasteiger partial charge in [0.25, 0.3) is 0 Å². The third-order valence-electron chi connectivity index (χ3n) is 3.23. The van der Waals surface area contributed by atoms with Gasteiger partial charge in [-0.15, -0.1) is 0 Å². The minimum Gasteiger partial charge on any atom is -0.481 e. The maximum Gasteiger partial charge on any atom is 0.310 e. The lowest BCUT2D eigenvalue weighted by molar-refractivity contribution is -0.140. The summed E-state index contributed by atoms with van der Waals surface area (Å²) < 4.78 is 0. The first-order valence-corrected chi connectivity index (χ1v) is 7.76. The Kier molecular flexibility index (Phi) is 12.6. The molecule has 0 saturated heterocycles. The van der Waals surface area contributed by atoms with Gasteiger partial charge in [0.15, 0.2) is 0 Å². The van der Waals surface area contributed by atoms with E-state index in [1.807, 2.05) is 12.2 Å². The van der Waals surface area contributed by atoms with Gasteiger partial charge in [-0.2, -0.15) is 0 Å². The number of unbranched alkanes of at least 4 members (excludes halogenated alkanes) is 5. The molecule has 0 rings (SSSR count). The summed E-state index contributed by atoms with van der Waals surface area (Å²) in [4.78, 5) is 11.1. The highest BCUT2D eigenvalue weighted by atomic mass is 16.4. The van der Waals surface area contributed by atoms with Crippen molar-refractivity contribution in [3.8, 4) is 0 Å². The molecule has 0 fully saturated rings. The summed E-state index contributed by atoms with van der Waals surface area (Å²) in [5.41, 5.74) is 0. The molecule has 0 bridgehead atoms. The van der Waals surface area contributed by atoms with Crippen LogP contribution in [0.2, 0.25) is 0 Å². The van der Waals surface area contributed by atoms with Crippen molar-refractivity contribution in [3.63, 3.8) is 0 Å². The zero-order valence-electron chi connectivity index (χ0n) is 12.6. The molecule has 110 valence electrons. The third-order valence-corrected chi connectivity index (χ3v) is 3.23. The van der Waals surface area contributed by atoms with Crippen molar-refractivity contribution in [2.45, 2.75) is 71.6 Å². The Morgan fingerprint density at radius 2 is 1.68 bits per heavy atom. The van der Waals surface area contributed by atoms with E-state index in [1.165, 1.54) is 25.7 Å². The van der Waals surface area contributed by atoms with Crippen LogP contribution in [0.5, 0.6) is 0 Å². The first kappa shape index (κ1) is 17.9. The monoisotopic (exact) mass is 266 g/mol. The minimum absolute atomic E-state index is 0.304. The van der Waals surface area contributed by atoms with Crippen LogP contribution in [-0.4, -0.2) is 11.1 Å². The molecule has 0 aliphatic carbocycles. The Balaban J connectivity index is 3.80. The Bertz CT molecular complexity index is 266. The zero-order valence-corrected chi connectivity index (χ0v) is 12.6. The largest absolute Gasteiger partial charge is 0.481 e. The number of hydrogen-bond donors (Lipinski definition) is 1. The number of hydrogen-bond acceptors (Lipinski definition) is 1. The Hall–Kier alpha value is -1.05. The minimum atomic E-state index is -0.690. The summed E-state index contributed by atoms with van der Waals surface area (Å²) in [6, 6.07) is 0. The lowest BCUT2D eigenvalue weighted by atomic mass is 9.99. The average Bonchev–Trinajstić information content (AvgIpc) is 2.39. The summed E-state index contributed by atoms with van der Waals surface area (Å²) >= 11 is 0. The van der Waals surface area contributed by atoms with Crippen LogP contribution in [0.1, 0.15) is 71.6 Å². The highest BCUT2D eigenvalue weighted by Crippen LogP contribution is 2.14. The average molecular weight is 266 g/mol. The van der Waals surface area contributed by atoms with Gasteiger partial charge in [-0.05, 0) is 19.3 Å². The summed E-state index contributed by atoms with van der Waals surface area (Å²) in [5.74, 6) is -0.995. The molecule has 0 heterocycles. The molecule has 0 aromatic rings. The van der Waals surface area contributed by atoms with Crippen LogP contribution in [0.25, 0.3) is 0 Å². The summed E-state index contributed by atoms with van der Waals surface area (Å²) in [6.07, 6.45) is 17.9. The number of carbonyl (C=O) groups is 1. The number of allylic oxidation sites excluding steroid dienone is 3. The molecule has 0 amide bonds. The Labute approximate surface area is 118 Å². The van der Waals surface area contributed by atoms with Gasteiger partial charge in [0.1, 0.15) is 0 Å². The van der Waals surface area contributed by atoms with Gasteiger partial charge in [0.2, 0.25) is 0 Å². The molecule has 2 nitrogen and oxygen atoms in total. The van der Waals surface area contributed by atoms with Gasteiger partial charge in [-0.1, -0.05) is 76.7 Å². The molecule has 2 heteroatoms. The Morgan fingerprint density at radius 1 is 1.00 bits per heavy atom. The van der Waals surface area contributed by atoms with Gasteiger partial charge in [0.05, 0.1) is 5.92 Å². The van der Waals surface area contributed by atoms with Crippen LogP contribution in [0.4, 0.5) is 0 Å². The maximum absolute atomic E-state index is 11.1. The van der Waals surface area contributed by atoms with E-state index in [-0.39, 0.29) is 5.92 Å². The molecule has 0 aliphatic rings. The van der Waals surface area contributed by atoms with E-state index in [0.717, 1.165) is 32.1 Å². The zero-order chi connectivity index (χ0) is 14.3. The standard InChI is InChI=1S/C17H30O2/c1-3-5-7-9-11-13-15-16(17(18)19)14-12-10-8-6-4-2/h6,8,12,14,16H,3-5,7,9-11,13,15H2,1-2H3,(H,18,19)/b8-6-,14-12-.